The number of H-pyrrole nitrogens is 1. The monoisotopic (exact) mass is 490 g/mol. The third-order valence-electron chi connectivity index (χ3n) is 4.78. The number of halogens is 1. The molecule has 174 valence electrons. The van der Waals surface area contributed by atoms with Gasteiger partial charge in [-0.15, -0.1) is 0 Å². The van der Waals surface area contributed by atoms with Gasteiger partial charge >= 0.3 is 0 Å². The van der Waals surface area contributed by atoms with Crippen molar-refractivity contribution >= 4 is 38.9 Å². The van der Waals surface area contributed by atoms with E-state index in [0.717, 1.165) is 0 Å². The number of sulfonamides is 1. The fourth-order valence-electron chi connectivity index (χ4n) is 3.20. The lowest BCUT2D eigenvalue weighted by atomic mass is 10.1. The molecule has 0 saturated heterocycles. The van der Waals surface area contributed by atoms with E-state index in [1.54, 1.807) is 26.0 Å². The number of carbonyl (C=O) groups is 1. The first kappa shape index (κ1) is 24.3. The van der Waals surface area contributed by atoms with Crippen LogP contribution in [0.3, 0.4) is 0 Å². The van der Waals surface area contributed by atoms with E-state index in [9.17, 15) is 18.0 Å². The van der Waals surface area contributed by atoms with Crippen LogP contribution in [0.2, 0.25) is 5.02 Å². The lowest BCUT2D eigenvalue weighted by molar-refractivity contribution is -0.116. The number of hydrogen-bond donors (Lipinski definition) is 3. The number of aryl methyl sites for hydroxylation is 2. The zero-order valence-electron chi connectivity index (χ0n) is 18.2. The maximum absolute atomic E-state index is 12.9. The molecule has 0 aliphatic heterocycles. The summed E-state index contributed by atoms with van der Waals surface area (Å²) in [5, 5.41) is 3.13. The summed E-state index contributed by atoms with van der Waals surface area (Å²) in [5.74, 6) is 0.237. The van der Waals surface area contributed by atoms with Crippen LogP contribution in [0.5, 0.6) is 5.75 Å². The first-order valence-corrected chi connectivity index (χ1v) is 11.8. The van der Waals surface area contributed by atoms with Gasteiger partial charge in [-0.1, -0.05) is 11.6 Å². The van der Waals surface area contributed by atoms with E-state index in [2.05, 4.69) is 20.0 Å². The number of nitrogens with zero attached hydrogens (tertiary/aromatic N) is 1. The van der Waals surface area contributed by atoms with Gasteiger partial charge in [0.25, 0.3) is 15.6 Å². The lowest BCUT2D eigenvalue weighted by Gasteiger charge is -2.14. The third-order valence-corrected chi connectivity index (χ3v) is 6.43. The number of amides is 1. The summed E-state index contributed by atoms with van der Waals surface area (Å²) in [6, 6.07) is 10.5. The fraction of sp³-hybridized carbons (Fsp3) is 0.227. The van der Waals surface area contributed by atoms with Crippen molar-refractivity contribution in [3.05, 3.63) is 74.9 Å². The number of carbonyl (C=O) groups excluding carboxylic acids is 1. The number of ether oxygens (including phenoxy) is 1. The Morgan fingerprint density at radius 2 is 1.79 bits per heavy atom. The molecule has 11 heteroatoms. The van der Waals surface area contributed by atoms with Gasteiger partial charge in [0.2, 0.25) is 5.91 Å². The highest BCUT2D eigenvalue weighted by Crippen LogP contribution is 2.29. The van der Waals surface area contributed by atoms with Crippen molar-refractivity contribution in [1.29, 1.82) is 0 Å². The number of aromatic nitrogens is 2. The molecule has 0 radical (unpaired) electrons. The molecule has 3 N–H and O–H groups in total. The maximum Gasteiger partial charge on any atom is 0.265 e. The molecule has 2 aromatic carbocycles. The molecule has 3 aromatic rings. The Labute approximate surface area is 196 Å². The number of methoxy groups -OCH3 is 1. The third kappa shape index (κ3) is 6.11. The summed E-state index contributed by atoms with van der Waals surface area (Å²) in [7, 11) is -2.67. The summed E-state index contributed by atoms with van der Waals surface area (Å²) in [6.45, 7) is 3.39. The molecule has 0 fully saturated rings. The molecule has 0 aliphatic carbocycles. The first-order valence-electron chi connectivity index (χ1n) is 9.91. The number of anilines is 2. The molecule has 0 aliphatic rings. The zero-order chi connectivity index (χ0) is 24.2. The van der Waals surface area contributed by atoms with Crippen LogP contribution in [0, 0.1) is 13.8 Å². The number of benzene rings is 2. The number of hydrogen-bond acceptors (Lipinski definition) is 6. The highest BCUT2D eigenvalue weighted by atomic mass is 35.5. The van der Waals surface area contributed by atoms with Crippen LogP contribution in [0.1, 0.15) is 23.5 Å². The molecule has 0 unspecified atom stereocenters. The Hall–Kier alpha value is -3.37. The quantitative estimate of drug-likeness (QED) is 0.443. The summed E-state index contributed by atoms with van der Waals surface area (Å²) in [6.07, 6.45) is 0.214. The Balaban J connectivity index is 1.77. The van der Waals surface area contributed by atoms with Crippen molar-refractivity contribution in [3.63, 3.8) is 0 Å². The molecule has 1 heterocycles. The topological polar surface area (TPSA) is 130 Å². The minimum absolute atomic E-state index is 0.0196. The number of nitrogens with one attached hydrogen (secondary N) is 3. The molecular weight excluding hydrogens is 468 g/mol. The number of aromatic amines is 1. The second kappa shape index (κ2) is 10.1. The minimum atomic E-state index is -4.02. The molecule has 1 amide bonds. The Kier molecular flexibility index (Phi) is 7.39. The van der Waals surface area contributed by atoms with Crippen molar-refractivity contribution < 1.29 is 17.9 Å². The van der Waals surface area contributed by atoms with E-state index >= 15 is 0 Å². The second-order valence-electron chi connectivity index (χ2n) is 7.24. The smallest absolute Gasteiger partial charge is 0.265 e. The van der Waals surface area contributed by atoms with Crippen molar-refractivity contribution in [2.75, 3.05) is 17.1 Å². The average Bonchev–Trinajstić information content (AvgIpc) is 2.74. The highest BCUT2D eigenvalue weighted by Gasteiger charge is 2.21. The van der Waals surface area contributed by atoms with E-state index in [4.69, 9.17) is 16.3 Å². The molecule has 1 aromatic heterocycles. The van der Waals surface area contributed by atoms with E-state index < -0.39 is 10.0 Å². The Morgan fingerprint density at radius 1 is 1.12 bits per heavy atom. The van der Waals surface area contributed by atoms with Gasteiger partial charge in [0.15, 0.2) is 0 Å². The van der Waals surface area contributed by atoms with Crippen LogP contribution < -0.4 is 20.3 Å². The molecule has 0 saturated carbocycles. The average molecular weight is 491 g/mol. The lowest BCUT2D eigenvalue weighted by Crippen LogP contribution is -2.20. The standard InChI is InChI=1S/C22H23ClN4O5S/c1-13-18(22(29)25-14(2)24-13)9-11-21(28)26-17-8-10-19(32-3)20(12-17)33(30,31)27-16-6-4-15(23)5-7-16/h4-8,10,12,27H,9,11H2,1-3H3,(H,26,28)(H,24,25,29). The predicted molar refractivity (Wildman–Crippen MR) is 127 cm³/mol. The fourth-order valence-corrected chi connectivity index (χ4v) is 4.58. The Bertz CT molecular complexity index is 1340. The molecule has 3 rings (SSSR count). The van der Waals surface area contributed by atoms with E-state index in [-0.39, 0.29) is 40.6 Å². The van der Waals surface area contributed by atoms with Crippen molar-refractivity contribution in [1.82, 2.24) is 9.97 Å². The van der Waals surface area contributed by atoms with Crippen LogP contribution in [0.4, 0.5) is 11.4 Å². The highest BCUT2D eigenvalue weighted by molar-refractivity contribution is 7.92. The van der Waals surface area contributed by atoms with E-state index in [1.807, 2.05) is 0 Å². The molecular formula is C22H23ClN4O5S. The van der Waals surface area contributed by atoms with Crippen LogP contribution >= 0.6 is 11.6 Å². The van der Waals surface area contributed by atoms with Gasteiger partial charge in [-0.05, 0) is 62.7 Å². The Morgan fingerprint density at radius 3 is 2.42 bits per heavy atom. The zero-order valence-corrected chi connectivity index (χ0v) is 19.8. The van der Waals surface area contributed by atoms with Gasteiger partial charge in [-0.3, -0.25) is 14.3 Å². The van der Waals surface area contributed by atoms with Gasteiger partial charge in [0, 0.05) is 34.1 Å². The van der Waals surface area contributed by atoms with Gasteiger partial charge in [0.05, 0.1) is 7.11 Å². The van der Waals surface area contributed by atoms with Crippen LogP contribution in [-0.4, -0.2) is 31.4 Å². The largest absolute Gasteiger partial charge is 0.495 e. The summed E-state index contributed by atoms with van der Waals surface area (Å²) in [5.41, 5.74) is 1.31. The molecule has 0 bridgehead atoms. The second-order valence-corrected chi connectivity index (χ2v) is 9.33. The molecule has 9 nitrogen and oxygen atoms in total. The van der Waals surface area contributed by atoms with Gasteiger partial charge < -0.3 is 15.0 Å². The van der Waals surface area contributed by atoms with E-state index in [1.165, 1.54) is 37.4 Å². The van der Waals surface area contributed by atoms with E-state index in [0.29, 0.717) is 27.8 Å². The van der Waals surface area contributed by atoms with Gasteiger partial charge in [-0.2, -0.15) is 0 Å². The van der Waals surface area contributed by atoms with Crippen LogP contribution in [0.25, 0.3) is 0 Å². The summed E-state index contributed by atoms with van der Waals surface area (Å²) in [4.78, 5) is 31.2. The minimum Gasteiger partial charge on any atom is -0.495 e. The molecule has 0 atom stereocenters. The van der Waals surface area contributed by atoms with Crippen LogP contribution in [0.15, 0.2) is 52.2 Å². The predicted octanol–water partition coefficient (Wildman–Crippen LogP) is 3.42. The summed E-state index contributed by atoms with van der Waals surface area (Å²) < 4.78 is 33.5. The van der Waals surface area contributed by atoms with Crippen molar-refractivity contribution in [3.8, 4) is 5.75 Å². The molecule has 0 spiro atoms. The normalized spacial score (nSPS) is 11.2. The number of rotatable bonds is 8. The van der Waals surface area contributed by atoms with Crippen LogP contribution in [-0.2, 0) is 21.2 Å². The van der Waals surface area contributed by atoms with Crippen molar-refractivity contribution in [2.45, 2.75) is 31.6 Å². The van der Waals surface area contributed by atoms with Crippen molar-refractivity contribution in [2.24, 2.45) is 0 Å². The summed E-state index contributed by atoms with van der Waals surface area (Å²) >= 11 is 5.85. The maximum atomic E-state index is 12.9. The molecule has 33 heavy (non-hydrogen) atoms. The van der Waals surface area contributed by atoms with Gasteiger partial charge in [-0.25, -0.2) is 13.4 Å². The first-order chi connectivity index (χ1) is 15.6. The SMILES string of the molecule is COc1ccc(NC(=O)CCc2c(C)nc(C)[nH]c2=O)cc1S(=O)(=O)Nc1ccc(Cl)cc1. The van der Waals surface area contributed by atoms with Gasteiger partial charge in [0.1, 0.15) is 16.5 Å².